The monoisotopic (exact) mass is 256 g/mol. The molecule has 2 nitrogen and oxygen atoms in total. The number of hydrogen-bond acceptors (Lipinski definition) is 2. The van der Waals surface area contributed by atoms with Gasteiger partial charge in [0.05, 0.1) is 6.17 Å². The molecular weight excluding hydrogens is 220 g/mol. The molecule has 0 spiro atoms. The Morgan fingerprint density at radius 1 is 0.778 bits per heavy atom. The maximum atomic E-state index is 3.53. The van der Waals surface area contributed by atoms with Gasteiger partial charge >= 0.3 is 0 Å². The van der Waals surface area contributed by atoms with Crippen molar-refractivity contribution in [2.24, 2.45) is 0 Å². The molecule has 0 saturated heterocycles. The molecule has 1 N–H and O–H groups in total. The van der Waals surface area contributed by atoms with Crippen molar-refractivity contribution in [3.05, 3.63) is 0 Å². The van der Waals surface area contributed by atoms with Crippen LogP contribution in [0.2, 0.25) is 0 Å². The molecule has 0 rings (SSSR count). The quantitative estimate of drug-likeness (QED) is 0.388. The molecular formula is C16H36N2. The highest BCUT2D eigenvalue weighted by molar-refractivity contribution is 4.57. The fourth-order valence-electron chi connectivity index (χ4n) is 2.11. The number of rotatable bonds is 13. The average molecular weight is 256 g/mol. The summed E-state index contributed by atoms with van der Waals surface area (Å²) in [5.74, 6) is 0. The Bertz CT molecular complexity index is 157. The van der Waals surface area contributed by atoms with E-state index in [1.165, 1.54) is 64.2 Å². The third kappa shape index (κ3) is 12.4. The second kappa shape index (κ2) is 13.4. The molecule has 0 aliphatic rings. The molecule has 0 amide bonds. The highest BCUT2D eigenvalue weighted by Gasteiger charge is 2.01. The minimum Gasteiger partial charge on any atom is -0.302 e. The second-order valence-corrected chi connectivity index (χ2v) is 5.78. The lowest BCUT2D eigenvalue weighted by Gasteiger charge is -2.20. The normalized spacial score (nSPS) is 13.2. The molecule has 0 heterocycles. The maximum Gasteiger partial charge on any atom is 0.0562 e. The van der Waals surface area contributed by atoms with Gasteiger partial charge < -0.3 is 5.32 Å². The molecule has 0 aliphatic carbocycles. The lowest BCUT2D eigenvalue weighted by Crippen LogP contribution is -2.39. The van der Waals surface area contributed by atoms with Crippen LogP contribution < -0.4 is 5.32 Å². The van der Waals surface area contributed by atoms with Crippen molar-refractivity contribution in [3.8, 4) is 0 Å². The highest BCUT2D eigenvalue weighted by Crippen LogP contribution is 2.10. The van der Waals surface area contributed by atoms with Gasteiger partial charge in [0.25, 0.3) is 0 Å². The van der Waals surface area contributed by atoms with Gasteiger partial charge in [-0.2, -0.15) is 0 Å². The lowest BCUT2D eigenvalue weighted by molar-refractivity contribution is 0.264. The lowest BCUT2D eigenvalue weighted by atomic mass is 10.1. The van der Waals surface area contributed by atoms with E-state index in [0.29, 0.717) is 6.17 Å². The van der Waals surface area contributed by atoms with Crippen molar-refractivity contribution >= 4 is 0 Å². The number of nitrogens with one attached hydrogen (secondary N) is 1. The summed E-state index contributed by atoms with van der Waals surface area (Å²) in [4.78, 5) is 2.22. The number of nitrogens with zero attached hydrogens (tertiary/aromatic N) is 1. The summed E-state index contributed by atoms with van der Waals surface area (Å²) in [5.41, 5.74) is 0. The van der Waals surface area contributed by atoms with E-state index in [-0.39, 0.29) is 0 Å². The fourth-order valence-corrected chi connectivity index (χ4v) is 2.11. The minimum atomic E-state index is 0.503. The van der Waals surface area contributed by atoms with Crippen LogP contribution in [-0.2, 0) is 0 Å². The Hall–Kier alpha value is -0.0800. The molecule has 0 aromatic rings. The summed E-state index contributed by atoms with van der Waals surface area (Å²) in [6.07, 6.45) is 14.7. The van der Waals surface area contributed by atoms with Crippen LogP contribution in [0.3, 0.4) is 0 Å². The molecule has 2 heteroatoms. The van der Waals surface area contributed by atoms with Gasteiger partial charge in [-0.15, -0.1) is 0 Å². The predicted octanol–water partition coefficient (Wildman–Crippen LogP) is 4.40. The third-order valence-corrected chi connectivity index (χ3v) is 3.74. The van der Waals surface area contributed by atoms with E-state index in [2.05, 4.69) is 38.2 Å². The van der Waals surface area contributed by atoms with Crippen LogP contribution in [0.4, 0.5) is 0 Å². The summed E-state index contributed by atoms with van der Waals surface area (Å²) in [5, 5.41) is 3.53. The van der Waals surface area contributed by atoms with E-state index in [1.807, 2.05) is 0 Å². The first kappa shape index (κ1) is 17.9. The van der Waals surface area contributed by atoms with Crippen molar-refractivity contribution in [3.63, 3.8) is 0 Å². The van der Waals surface area contributed by atoms with Crippen molar-refractivity contribution in [2.45, 2.75) is 84.2 Å². The minimum absolute atomic E-state index is 0.503. The number of unbranched alkanes of at least 4 members (excludes halogenated alkanes) is 9. The Morgan fingerprint density at radius 2 is 1.22 bits per heavy atom. The van der Waals surface area contributed by atoms with Crippen molar-refractivity contribution in [1.82, 2.24) is 10.2 Å². The summed E-state index contributed by atoms with van der Waals surface area (Å²) >= 11 is 0. The topological polar surface area (TPSA) is 15.3 Å². The van der Waals surface area contributed by atoms with E-state index in [0.717, 1.165) is 6.54 Å². The smallest absolute Gasteiger partial charge is 0.0562 e. The molecule has 1 unspecified atom stereocenters. The van der Waals surface area contributed by atoms with Gasteiger partial charge in [-0.05, 0) is 34.0 Å². The standard InChI is InChI=1S/C16H36N2/c1-5-6-7-8-9-10-11-12-13-14-15-17-16(2)18(3)4/h16-17H,5-15H2,1-4H3. The van der Waals surface area contributed by atoms with Crippen LogP contribution in [0, 0.1) is 0 Å². The molecule has 0 aliphatic heterocycles. The highest BCUT2D eigenvalue weighted by atomic mass is 15.2. The SMILES string of the molecule is CCCCCCCCCCCCNC(C)N(C)C. The molecule has 1 atom stereocenters. The zero-order chi connectivity index (χ0) is 13.6. The molecule has 0 bridgehead atoms. The predicted molar refractivity (Wildman–Crippen MR) is 83.0 cm³/mol. The van der Waals surface area contributed by atoms with E-state index in [9.17, 15) is 0 Å². The van der Waals surface area contributed by atoms with E-state index >= 15 is 0 Å². The third-order valence-electron chi connectivity index (χ3n) is 3.74. The molecule has 0 aromatic carbocycles. The van der Waals surface area contributed by atoms with Crippen LogP contribution >= 0.6 is 0 Å². The molecule has 110 valence electrons. The first-order valence-electron chi connectivity index (χ1n) is 8.08. The van der Waals surface area contributed by atoms with Gasteiger partial charge in [0.15, 0.2) is 0 Å². The molecule has 0 aromatic heterocycles. The van der Waals surface area contributed by atoms with Crippen LogP contribution in [0.5, 0.6) is 0 Å². The Kier molecular flexibility index (Phi) is 13.3. The summed E-state index contributed by atoms with van der Waals surface area (Å²) in [6.45, 7) is 5.66. The van der Waals surface area contributed by atoms with Gasteiger partial charge in [0.1, 0.15) is 0 Å². The van der Waals surface area contributed by atoms with Gasteiger partial charge in [-0.1, -0.05) is 64.7 Å². The molecule has 0 fully saturated rings. The van der Waals surface area contributed by atoms with E-state index in [1.54, 1.807) is 0 Å². The molecule has 18 heavy (non-hydrogen) atoms. The summed E-state index contributed by atoms with van der Waals surface area (Å²) < 4.78 is 0. The van der Waals surface area contributed by atoms with Gasteiger partial charge in [-0.25, -0.2) is 0 Å². The zero-order valence-electron chi connectivity index (χ0n) is 13.3. The van der Waals surface area contributed by atoms with Crippen LogP contribution in [0.25, 0.3) is 0 Å². The summed E-state index contributed by atoms with van der Waals surface area (Å²) in [7, 11) is 4.24. The maximum absolute atomic E-state index is 3.53. The Morgan fingerprint density at radius 3 is 1.67 bits per heavy atom. The van der Waals surface area contributed by atoms with Gasteiger partial charge in [0.2, 0.25) is 0 Å². The summed E-state index contributed by atoms with van der Waals surface area (Å²) in [6, 6.07) is 0. The van der Waals surface area contributed by atoms with Crippen LogP contribution in [-0.4, -0.2) is 31.7 Å². The first-order chi connectivity index (χ1) is 8.68. The molecule has 0 radical (unpaired) electrons. The van der Waals surface area contributed by atoms with E-state index < -0.39 is 0 Å². The first-order valence-corrected chi connectivity index (χ1v) is 8.08. The average Bonchev–Trinajstić information content (AvgIpc) is 2.35. The largest absolute Gasteiger partial charge is 0.302 e. The van der Waals surface area contributed by atoms with Crippen molar-refractivity contribution < 1.29 is 0 Å². The van der Waals surface area contributed by atoms with Crippen LogP contribution in [0.15, 0.2) is 0 Å². The Labute approximate surface area is 116 Å². The van der Waals surface area contributed by atoms with E-state index in [4.69, 9.17) is 0 Å². The van der Waals surface area contributed by atoms with Gasteiger partial charge in [0, 0.05) is 0 Å². The number of hydrogen-bond donors (Lipinski definition) is 1. The second-order valence-electron chi connectivity index (χ2n) is 5.78. The van der Waals surface area contributed by atoms with Crippen molar-refractivity contribution in [1.29, 1.82) is 0 Å². The molecule has 0 saturated carbocycles. The Balaban J connectivity index is 3.03. The zero-order valence-corrected chi connectivity index (χ0v) is 13.3. The van der Waals surface area contributed by atoms with Gasteiger partial charge in [-0.3, -0.25) is 4.90 Å². The van der Waals surface area contributed by atoms with Crippen molar-refractivity contribution in [2.75, 3.05) is 20.6 Å². The van der Waals surface area contributed by atoms with Crippen LogP contribution in [0.1, 0.15) is 78.1 Å². The fraction of sp³-hybridized carbons (Fsp3) is 1.00.